The van der Waals surface area contributed by atoms with Gasteiger partial charge in [0.15, 0.2) is 0 Å². The van der Waals surface area contributed by atoms with Crippen molar-refractivity contribution < 1.29 is 44.3 Å². The molecule has 0 spiro atoms. The summed E-state index contributed by atoms with van der Waals surface area (Å²) < 4.78 is 6.55. The van der Waals surface area contributed by atoms with Gasteiger partial charge in [0.25, 0.3) is 0 Å². The Bertz CT molecular complexity index is 803. The Morgan fingerprint density at radius 3 is 1.23 bits per heavy atom. The van der Waals surface area contributed by atoms with Crippen LogP contribution in [0.2, 0.25) is 0 Å². The molecule has 0 aromatic heterocycles. The number of carbonyl (C=O) groups is 4. The molecule has 0 bridgehead atoms. The third kappa shape index (κ3) is 15.9. The minimum atomic E-state index is -0.797. The van der Waals surface area contributed by atoms with Gasteiger partial charge < -0.3 is 25.2 Å². The summed E-state index contributed by atoms with van der Waals surface area (Å²) in [7, 11) is 0. The maximum Gasteiger partial charge on any atom is 0.303 e. The molecule has 0 aromatic carbocycles. The van der Waals surface area contributed by atoms with Crippen molar-refractivity contribution in [3.05, 3.63) is 0 Å². The van der Waals surface area contributed by atoms with Gasteiger partial charge in [-0.1, -0.05) is 57.3 Å². The SMILES string of the molecule is C#C[C@H]1OC(CCCCCC(=O)O)C(CCCCCC(=O)O)C(CCCCCC(=O)O)[C@H]1CCCCCC(=O)O. The first-order valence-corrected chi connectivity index (χ1v) is 15.1. The van der Waals surface area contributed by atoms with Crippen molar-refractivity contribution in [2.45, 2.75) is 141 Å². The first-order chi connectivity index (χ1) is 19.1. The van der Waals surface area contributed by atoms with Crippen molar-refractivity contribution in [3.63, 3.8) is 0 Å². The molecule has 0 aliphatic carbocycles. The number of rotatable bonds is 24. The van der Waals surface area contributed by atoms with Crippen molar-refractivity contribution in [2.24, 2.45) is 17.8 Å². The van der Waals surface area contributed by atoms with E-state index >= 15 is 0 Å². The van der Waals surface area contributed by atoms with E-state index in [4.69, 9.17) is 31.6 Å². The zero-order chi connectivity index (χ0) is 29.8. The van der Waals surface area contributed by atoms with E-state index in [1.54, 1.807) is 0 Å². The van der Waals surface area contributed by atoms with Gasteiger partial charge in [0.05, 0.1) is 6.10 Å². The van der Waals surface area contributed by atoms with Crippen LogP contribution in [0.25, 0.3) is 0 Å². The lowest BCUT2D eigenvalue weighted by Gasteiger charge is -2.47. The lowest BCUT2D eigenvalue weighted by atomic mass is 9.67. The van der Waals surface area contributed by atoms with Crippen LogP contribution in [0, 0.1) is 30.1 Å². The van der Waals surface area contributed by atoms with E-state index in [2.05, 4.69) is 5.92 Å². The van der Waals surface area contributed by atoms with Gasteiger partial charge >= 0.3 is 23.9 Å². The topological polar surface area (TPSA) is 158 Å². The number of hydrogen-bond acceptors (Lipinski definition) is 5. The van der Waals surface area contributed by atoms with E-state index in [0.717, 1.165) is 77.0 Å². The molecule has 4 N–H and O–H groups in total. The maximum atomic E-state index is 11.0. The molecular formula is C31H50O9. The van der Waals surface area contributed by atoms with Crippen LogP contribution < -0.4 is 0 Å². The zero-order valence-corrected chi connectivity index (χ0v) is 23.9. The molecule has 228 valence electrons. The van der Waals surface area contributed by atoms with E-state index in [9.17, 15) is 19.2 Å². The predicted molar refractivity (Wildman–Crippen MR) is 151 cm³/mol. The van der Waals surface area contributed by atoms with Gasteiger partial charge in [-0.05, 0) is 69.1 Å². The number of ether oxygens (including phenoxy) is 1. The molecule has 5 atom stereocenters. The highest BCUT2D eigenvalue weighted by Gasteiger charge is 2.43. The summed E-state index contributed by atoms with van der Waals surface area (Å²) in [5.41, 5.74) is 0. The summed E-state index contributed by atoms with van der Waals surface area (Å²) in [6, 6.07) is 0. The van der Waals surface area contributed by atoms with Crippen molar-refractivity contribution >= 4 is 23.9 Å². The molecule has 1 saturated heterocycles. The highest BCUT2D eigenvalue weighted by Crippen LogP contribution is 2.45. The average Bonchev–Trinajstić information content (AvgIpc) is 2.88. The largest absolute Gasteiger partial charge is 0.481 e. The lowest BCUT2D eigenvalue weighted by molar-refractivity contribution is -0.138. The molecule has 40 heavy (non-hydrogen) atoms. The highest BCUT2D eigenvalue weighted by molar-refractivity contribution is 5.67. The van der Waals surface area contributed by atoms with Gasteiger partial charge in [-0.2, -0.15) is 0 Å². The number of aliphatic carboxylic acids is 4. The van der Waals surface area contributed by atoms with Crippen LogP contribution >= 0.6 is 0 Å². The molecule has 1 fully saturated rings. The summed E-state index contributed by atoms with van der Waals surface area (Å²) in [6.07, 6.45) is 18.8. The summed E-state index contributed by atoms with van der Waals surface area (Å²) in [5, 5.41) is 35.9. The Kier molecular flexibility index (Phi) is 18.8. The Balaban J connectivity index is 3.00. The smallest absolute Gasteiger partial charge is 0.303 e. The van der Waals surface area contributed by atoms with Gasteiger partial charge in [-0.15, -0.1) is 6.42 Å². The second kappa shape index (κ2) is 21.2. The monoisotopic (exact) mass is 566 g/mol. The molecule has 0 radical (unpaired) electrons. The molecule has 9 heteroatoms. The fourth-order valence-electron chi connectivity index (χ4n) is 6.14. The molecule has 1 heterocycles. The Hall–Kier alpha value is -2.60. The van der Waals surface area contributed by atoms with Crippen LogP contribution in [0.4, 0.5) is 0 Å². The zero-order valence-electron chi connectivity index (χ0n) is 23.9. The summed E-state index contributed by atoms with van der Waals surface area (Å²) in [5.74, 6) is 0.343. The molecule has 9 nitrogen and oxygen atoms in total. The van der Waals surface area contributed by atoms with Crippen LogP contribution in [-0.4, -0.2) is 56.5 Å². The number of unbranched alkanes of at least 4 members (excludes halogenated alkanes) is 8. The van der Waals surface area contributed by atoms with Gasteiger partial charge in [0, 0.05) is 25.7 Å². The number of terminal acetylenes is 1. The summed E-state index contributed by atoms with van der Waals surface area (Å²) in [4.78, 5) is 43.7. The molecule has 1 aliphatic rings. The Labute approximate surface area is 239 Å². The van der Waals surface area contributed by atoms with Crippen LogP contribution in [0.1, 0.15) is 128 Å². The van der Waals surface area contributed by atoms with Gasteiger partial charge in [0.1, 0.15) is 6.10 Å². The van der Waals surface area contributed by atoms with E-state index in [-0.39, 0.29) is 55.6 Å². The minimum absolute atomic E-state index is 0.0577. The molecular weight excluding hydrogens is 516 g/mol. The summed E-state index contributed by atoms with van der Waals surface area (Å²) >= 11 is 0. The number of carboxylic acids is 4. The van der Waals surface area contributed by atoms with E-state index in [1.165, 1.54) is 0 Å². The molecule has 1 rings (SSSR count). The van der Waals surface area contributed by atoms with Crippen molar-refractivity contribution in [1.82, 2.24) is 0 Å². The average molecular weight is 567 g/mol. The van der Waals surface area contributed by atoms with Crippen LogP contribution in [0.15, 0.2) is 0 Å². The molecule has 0 aromatic rings. The Morgan fingerprint density at radius 1 is 0.500 bits per heavy atom. The second-order valence-electron chi connectivity index (χ2n) is 11.2. The van der Waals surface area contributed by atoms with E-state index in [0.29, 0.717) is 25.7 Å². The predicted octanol–water partition coefficient (Wildman–Crippen LogP) is 6.38. The third-order valence-electron chi connectivity index (χ3n) is 8.12. The van der Waals surface area contributed by atoms with Gasteiger partial charge in [-0.25, -0.2) is 0 Å². The Morgan fingerprint density at radius 2 is 0.850 bits per heavy atom. The van der Waals surface area contributed by atoms with Gasteiger partial charge in [0.2, 0.25) is 0 Å². The standard InChI is InChI=1S/C31H50O9/c1-2-26-24(16-8-4-12-20-29(34)35)23(15-7-3-11-19-28(32)33)25(17-9-5-13-21-30(36)37)27(40-26)18-10-6-14-22-31(38)39/h1,23-27H,3-22H2,(H,32,33)(H,34,35)(H,36,37)(H,38,39)/t23?,24-,25?,26-,27?/m1/s1. The van der Waals surface area contributed by atoms with Crippen molar-refractivity contribution in [3.8, 4) is 12.3 Å². The molecule has 0 saturated carbocycles. The van der Waals surface area contributed by atoms with Crippen molar-refractivity contribution in [1.29, 1.82) is 0 Å². The van der Waals surface area contributed by atoms with Gasteiger partial charge in [-0.3, -0.25) is 19.2 Å². The summed E-state index contributed by atoms with van der Waals surface area (Å²) in [6.45, 7) is 0. The third-order valence-corrected chi connectivity index (χ3v) is 8.12. The minimum Gasteiger partial charge on any atom is -0.481 e. The van der Waals surface area contributed by atoms with Crippen molar-refractivity contribution in [2.75, 3.05) is 0 Å². The first-order valence-electron chi connectivity index (χ1n) is 15.1. The molecule has 3 unspecified atom stereocenters. The second-order valence-corrected chi connectivity index (χ2v) is 11.2. The van der Waals surface area contributed by atoms with E-state index in [1.807, 2.05) is 0 Å². The number of hydrogen-bond donors (Lipinski definition) is 4. The normalized spacial score (nSPS) is 22.4. The van der Waals surface area contributed by atoms with Crippen LogP contribution in [-0.2, 0) is 23.9 Å². The molecule has 1 aliphatic heterocycles. The maximum absolute atomic E-state index is 11.0. The quantitative estimate of drug-likeness (QED) is 0.0768. The van der Waals surface area contributed by atoms with E-state index < -0.39 is 23.9 Å². The first kappa shape index (κ1) is 35.4. The van der Waals surface area contributed by atoms with Crippen LogP contribution in [0.5, 0.6) is 0 Å². The van der Waals surface area contributed by atoms with Crippen LogP contribution in [0.3, 0.4) is 0 Å². The highest BCUT2D eigenvalue weighted by atomic mass is 16.5. The fraction of sp³-hybridized carbons (Fsp3) is 0.806. The fourth-order valence-corrected chi connectivity index (χ4v) is 6.14. The molecule has 0 amide bonds. The lowest BCUT2D eigenvalue weighted by Crippen LogP contribution is -2.47. The number of carboxylic acid groups (broad SMARTS) is 4.